The first-order chi connectivity index (χ1) is 13.0. The minimum absolute atomic E-state index is 0.269. The van der Waals surface area contributed by atoms with E-state index in [1.807, 2.05) is 55.6 Å². The smallest absolute Gasteiger partial charge is 0.276 e. The number of rotatable bonds is 4. The van der Waals surface area contributed by atoms with Crippen molar-refractivity contribution in [2.45, 2.75) is 6.92 Å². The molecule has 4 aromatic rings. The van der Waals surface area contributed by atoms with Crippen LogP contribution in [0.25, 0.3) is 16.1 Å². The fraction of sp³-hybridized carbons (Fsp3) is 0.0500. The van der Waals surface area contributed by atoms with Gasteiger partial charge in [-0.15, -0.1) is 11.3 Å². The summed E-state index contributed by atoms with van der Waals surface area (Å²) < 4.78 is 1.78. The van der Waals surface area contributed by atoms with Crippen molar-refractivity contribution < 1.29 is 9.59 Å². The number of nitrogens with one attached hydrogen (secondary N) is 1. The van der Waals surface area contributed by atoms with Crippen molar-refractivity contribution in [3.05, 3.63) is 77.7 Å². The van der Waals surface area contributed by atoms with Crippen LogP contribution in [0.2, 0.25) is 0 Å². The SMILES string of the molecule is Cc1ccn2cc(C(=O)Nc3sc(-c4ccccc4)cc3C(N)=O)nc2c1. The molecule has 4 rings (SSSR count). The number of primary amides is 1. The zero-order valence-corrected chi connectivity index (χ0v) is 15.3. The highest BCUT2D eigenvalue weighted by molar-refractivity contribution is 7.20. The Bertz CT molecular complexity index is 1160. The molecule has 0 bridgehead atoms. The van der Waals surface area contributed by atoms with Crippen LogP contribution in [0.5, 0.6) is 0 Å². The molecule has 0 aliphatic rings. The van der Waals surface area contributed by atoms with E-state index in [1.165, 1.54) is 11.3 Å². The van der Waals surface area contributed by atoms with Crippen molar-refractivity contribution in [3.8, 4) is 10.4 Å². The van der Waals surface area contributed by atoms with Gasteiger partial charge in [-0.2, -0.15) is 0 Å². The van der Waals surface area contributed by atoms with Crippen LogP contribution in [0, 0.1) is 6.92 Å². The number of aryl methyl sites for hydroxylation is 1. The number of hydrogen-bond donors (Lipinski definition) is 2. The Morgan fingerprint density at radius 1 is 1.15 bits per heavy atom. The maximum Gasteiger partial charge on any atom is 0.276 e. The molecule has 0 saturated heterocycles. The van der Waals surface area contributed by atoms with Crippen LogP contribution in [-0.2, 0) is 0 Å². The topological polar surface area (TPSA) is 89.5 Å². The van der Waals surface area contributed by atoms with Crippen molar-refractivity contribution in [1.82, 2.24) is 9.38 Å². The lowest BCUT2D eigenvalue weighted by Crippen LogP contribution is -2.16. The fourth-order valence-corrected chi connectivity index (χ4v) is 3.84. The number of fused-ring (bicyclic) bond motifs is 1. The molecule has 27 heavy (non-hydrogen) atoms. The van der Waals surface area contributed by atoms with E-state index in [4.69, 9.17) is 5.73 Å². The van der Waals surface area contributed by atoms with Crippen molar-refractivity contribution in [1.29, 1.82) is 0 Å². The lowest BCUT2D eigenvalue weighted by Gasteiger charge is -2.01. The van der Waals surface area contributed by atoms with Gasteiger partial charge < -0.3 is 15.5 Å². The third kappa shape index (κ3) is 3.32. The molecule has 0 atom stereocenters. The Kier molecular flexibility index (Phi) is 4.21. The van der Waals surface area contributed by atoms with E-state index in [0.29, 0.717) is 10.6 Å². The molecule has 134 valence electrons. The Morgan fingerprint density at radius 2 is 1.93 bits per heavy atom. The lowest BCUT2D eigenvalue weighted by molar-refractivity contribution is 0.100. The number of carbonyl (C=O) groups is 2. The molecule has 2 amide bonds. The molecule has 0 unspecified atom stereocenters. The summed E-state index contributed by atoms with van der Waals surface area (Å²) in [5, 5.41) is 3.19. The quantitative estimate of drug-likeness (QED) is 0.569. The monoisotopic (exact) mass is 376 g/mol. The van der Waals surface area contributed by atoms with E-state index in [-0.39, 0.29) is 17.2 Å². The zero-order valence-electron chi connectivity index (χ0n) is 14.5. The van der Waals surface area contributed by atoms with Crippen LogP contribution in [0.4, 0.5) is 5.00 Å². The van der Waals surface area contributed by atoms with E-state index in [0.717, 1.165) is 16.0 Å². The Hall–Kier alpha value is -3.45. The largest absolute Gasteiger partial charge is 0.366 e. The van der Waals surface area contributed by atoms with Crippen molar-refractivity contribution >= 4 is 33.8 Å². The highest BCUT2D eigenvalue weighted by atomic mass is 32.1. The highest BCUT2D eigenvalue weighted by Crippen LogP contribution is 2.35. The fourth-order valence-electron chi connectivity index (χ4n) is 2.77. The molecule has 0 fully saturated rings. The zero-order chi connectivity index (χ0) is 19.0. The van der Waals surface area contributed by atoms with E-state index >= 15 is 0 Å². The molecule has 0 saturated carbocycles. The second-order valence-corrected chi connectivity index (χ2v) is 7.19. The summed E-state index contributed by atoms with van der Waals surface area (Å²) in [4.78, 5) is 29.7. The van der Waals surface area contributed by atoms with E-state index in [2.05, 4.69) is 10.3 Å². The molecular formula is C20H16N4O2S. The summed E-state index contributed by atoms with van der Waals surface area (Å²) in [5.41, 5.74) is 8.74. The predicted molar refractivity (Wildman–Crippen MR) is 106 cm³/mol. The lowest BCUT2D eigenvalue weighted by atomic mass is 10.1. The van der Waals surface area contributed by atoms with Gasteiger partial charge in [0.15, 0.2) is 0 Å². The van der Waals surface area contributed by atoms with Crippen LogP contribution in [0.1, 0.15) is 26.4 Å². The first-order valence-electron chi connectivity index (χ1n) is 8.27. The van der Waals surface area contributed by atoms with Gasteiger partial charge in [0.05, 0.1) is 5.56 Å². The first-order valence-corrected chi connectivity index (χ1v) is 9.08. The molecule has 7 heteroatoms. The molecular weight excluding hydrogens is 360 g/mol. The third-order valence-corrected chi connectivity index (χ3v) is 5.23. The molecule has 0 aliphatic heterocycles. The van der Waals surface area contributed by atoms with Crippen LogP contribution < -0.4 is 11.1 Å². The van der Waals surface area contributed by atoms with E-state index in [1.54, 1.807) is 16.7 Å². The number of pyridine rings is 1. The number of imidazole rings is 1. The second-order valence-electron chi connectivity index (χ2n) is 6.13. The third-order valence-electron chi connectivity index (χ3n) is 4.13. The van der Waals surface area contributed by atoms with E-state index in [9.17, 15) is 9.59 Å². The minimum Gasteiger partial charge on any atom is -0.366 e. The molecule has 3 aromatic heterocycles. The summed E-state index contributed by atoms with van der Waals surface area (Å²) in [6, 6.07) is 15.1. The molecule has 0 radical (unpaired) electrons. The summed E-state index contributed by atoms with van der Waals surface area (Å²) >= 11 is 1.31. The standard InChI is InChI=1S/C20H16N4O2S/c1-12-7-8-24-11-15(22-17(24)9-12)19(26)23-20-14(18(21)25)10-16(27-20)13-5-3-2-4-6-13/h2-11H,1H3,(H2,21,25)(H,23,26). The maximum absolute atomic E-state index is 12.7. The Morgan fingerprint density at radius 3 is 2.67 bits per heavy atom. The maximum atomic E-state index is 12.7. The number of carbonyl (C=O) groups excluding carboxylic acids is 2. The van der Waals surface area contributed by atoms with Crippen LogP contribution >= 0.6 is 11.3 Å². The van der Waals surface area contributed by atoms with Crippen LogP contribution in [-0.4, -0.2) is 21.2 Å². The second kappa shape index (κ2) is 6.69. The van der Waals surface area contributed by atoms with E-state index < -0.39 is 5.91 Å². The molecule has 6 nitrogen and oxygen atoms in total. The van der Waals surface area contributed by atoms with Gasteiger partial charge in [0.25, 0.3) is 11.8 Å². The van der Waals surface area contributed by atoms with Gasteiger partial charge in [0, 0.05) is 17.3 Å². The number of amides is 2. The summed E-state index contributed by atoms with van der Waals surface area (Å²) in [5.74, 6) is -0.977. The number of benzene rings is 1. The highest BCUT2D eigenvalue weighted by Gasteiger charge is 2.19. The van der Waals surface area contributed by atoms with Crippen molar-refractivity contribution in [2.75, 3.05) is 5.32 Å². The van der Waals surface area contributed by atoms with Crippen LogP contribution in [0.15, 0.2) is 60.9 Å². The van der Waals surface area contributed by atoms with Gasteiger partial charge >= 0.3 is 0 Å². The van der Waals surface area contributed by atoms with Gasteiger partial charge in [-0.25, -0.2) is 4.98 Å². The average Bonchev–Trinajstić information content (AvgIpc) is 3.26. The average molecular weight is 376 g/mol. The van der Waals surface area contributed by atoms with Crippen molar-refractivity contribution in [3.63, 3.8) is 0 Å². The Labute approximate surface area is 159 Å². The van der Waals surface area contributed by atoms with Crippen LogP contribution in [0.3, 0.4) is 0 Å². The number of aromatic nitrogens is 2. The number of anilines is 1. The number of nitrogens with zero attached hydrogens (tertiary/aromatic N) is 2. The molecule has 0 aliphatic carbocycles. The van der Waals surface area contributed by atoms with Gasteiger partial charge in [0.1, 0.15) is 16.3 Å². The van der Waals surface area contributed by atoms with Gasteiger partial charge in [-0.1, -0.05) is 30.3 Å². The number of hydrogen-bond acceptors (Lipinski definition) is 4. The van der Waals surface area contributed by atoms with Gasteiger partial charge in [-0.05, 0) is 36.2 Å². The predicted octanol–water partition coefficient (Wildman–Crippen LogP) is 3.72. The molecule has 0 spiro atoms. The number of thiophene rings is 1. The molecule has 1 aromatic carbocycles. The molecule has 3 N–H and O–H groups in total. The first kappa shape index (κ1) is 17.0. The summed E-state index contributed by atoms with van der Waals surface area (Å²) in [6.07, 6.45) is 3.50. The molecule has 3 heterocycles. The number of nitrogens with two attached hydrogens (primary N) is 1. The summed E-state index contributed by atoms with van der Waals surface area (Å²) in [7, 11) is 0. The van der Waals surface area contributed by atoms with Crippen molar-refractivity contribution in [2.24, 2.45) is 5.73 Å². The van der Waals surface area contributed by atoms with Gasteiger partial charge in [-0.3, -0.25) is 9.59 Å². The minimum atomic E-state index is -0.589. The Balaban J connectivity index is 1.67. The van der Waals surface area contributed by atoms with Gasteiger partial charge in [0.2, 0.25) is 0 Å². The summed E-state index contributed by atoms with van der Waals surface area (Å²) in [6.45, 7) is 1.96. The normalized spacial score (nSPS) is 10.9.